The number of hydrogen-bond acceptors (Lipinski definition) is 5. The Morgan fingerprint density at radius 1 is 0.914 bits per heavy atom. The largest absolute Gasteiger partial charge is 0.306 e. The number of benzene rings is 2. The van der Waals surface area contributed by atoms with Gasteiger partial charge in [-0.05, 0) is 70.0 Å². The van der Waals surface area contributed by atoms with Gasteiger partial charge in [-0.15, -0.1) is 0 Å². The maximum absolute atomic E-state index is 13.0. The molecule has 5 rings (SSSR count). The van der Waals surface area contributed by atoms with E-state index in [0.717, 1.165) is 27.9 Å². The number of anilines is 1. The van der Waals surface area contributed by atoms with E-state index in [1.807, 2.05) is 64.1 Å². The van der Waals surface area contributed by atoms with Crippen LogP contribution in [0.25, 0.3) is 22.7 Å². The number of aromatic nitrogens is 6. The summed E-state index contributed by atoms with van der Waals surface area (Å²) >= 11 is 0. The molecule has 9 heteroatoms. The Labute approximate surface area is 201 Å². The van der Waals surface area contributed by atoms with Crippen molar-refractivity contribution in [1.82, 2.24) is 29.5 Å². The van der Waals surface area contributed by atoms with Crippen LogP contribution in [-0.2, 0) is 0 Å². The molecule has 2 aromatic carbocycles. The molecule has 35 heavy (non-hydrogen) atoms. The second-order valence-corrected chi connectivity index (χ2v) is 8.87. The normalized spacial score (nSPS) is 11.2. The molecule has 0 radical (unpaired) electrons. The molecule has 0 saturated carbocycles. The monoisotopic (exact) mass is 467 g/mol. The second-order valence-electron chi connectivity index (χ2n) is 8.87. The number of nitrogens with zero attached hydrogens (tertiary/aromatic N) is 5. The molecule has 1 amide bonds. The van der Waals surface area contributed by atoms with E-state index in [1.165, 1.54) is 10.9 Å². The summed E-state index contributed by atoms with van der Waals surface area (Å²) in [4.78, 5) is 33.3. The molecule has 0 spiro atoms. The highest BCUT2D eigenvalue weighted by Crippen LogP contribution is 2.20. The summed E-state index contributed by atoms with van der Waals surface area (Å²) in [6.45, 7) is 9.75. The van der Waals surface area contributed by atoms with E-state index >= 15 is 0 Å². The van der Waals surface area contributed by atoms with Gasteiger partial charge in [0, 0.05) is 11.6 Å². The number of amides is 1. The molecule has 0 aliphatic carbocycles. The molecule has 0 aliphatic heterocycles. The van der Waals surface area contributed by atoms with E-state index in [9.17, 15) is 9.59 Å². The van der Waals surface area contributed by atoms with Gasteiger partial charge >= 0.3 is 0 Å². The second kappa shape index (κ2) is 8.35. The van der Waals surface area contributed by atoms with Crippen LogP contribution >= 0.6 is 0 Å². The number of nitrogens with one attached hydrogen (secondary N) is 2. The first-order chi connectivity index (χ1) is 16.7. The summed E-state index contributed by atoms with van der Waals surface area (Å²) in [6.07, 6.45) is 1.50. The van der Waals surface area contributed by atoms with E-state index in [1.54, 1.807) is 17.7 Å². The highest BCUT2D eigenvalue weighted by atomic mass is 16.2. The fraction of sp³-hybridized carbons (Fsp3) is 0.192. The summed E-state index contributed by atoms with van der Waals surface area (Å²) in [5, 5.41) is 12.1. The minimum absolute atomic E-state index is 0.178. The first-order valence-corrected chi connectivity index (χ1v) is 11.2. The van der Waals surface area contributed by atoms with Crippen LogP contribution in [-0.4, -0.2) is 35.4 Å². The third-order valence-electron chi connectivity index (χ3n) is 5.92. The highest BCUT2D eigenvalue weighted by Gasteiger charge is 2.18. The van der Waals surface area contributed by atoms with E-state index in [-0.39, 0.29) is 17.4 Å². The van der Waals surface area contributed by atoms with Crippen molar-refractivity contribution in [2.24, 2.45) is 0 Å². The molecule has 0 atom stereocenters. The van der Waals surface area contributed by atoms with Crippen LogP contribution in [0.4, 0.5) is 5.82 Å². The van der Waals surface area contributed by atoms with Gasteiger partial charge in [0.2, 0.25) is 5.95 Å². The van der Waals surface area contributed by atoms with Crippen molar-refractivity contribution >= 4 is 22.8 Å². The molecule has 2 N–H and O–H groups in total. The number of rotatable bonds is 4. The Morgan fingerprint density at radius 3 is 2.37 bits per heavy atom. The van der Waals surface area contributed by atoms with E-state index in [0.29, 0.717) is 28.1 Å². The topological polar surface area (TPSA) is 110 Å². The number of fused-ring (bicyclic) bond motifs is 1. The number of H-pyrrole nitrogens is 1. The van der Waals surface area contributed by atoms with Gasteiger partial charge in [0.1, 0.15) is 11.2 Å². The Kier molecular flexibility index (Phi) is 5.32. The molecule has 0 bridgehead atoms. The van der Waals surface area contributed by atoms with Gasteiger partial charge in [0.05, 0.1) is 17.6 Å². The van der Waals surface area contributed by atoms with Gasteiger partial charge in [-0.3, -0.25) is 14.6 Å². The summed E-state index contributed by atoms with van der Waals surface area (Å²) in [7, 11) is 0. The Morgan fingerprint density at radius 2 is 1.66 bits per heavy atom. The van der Waals surface area contributed by atoms with Crippen molar-refractivity contribution in [2.75, 3.05) is 5.32 Å². The van der Waals surface area contributed by atoms with Gasteiger partial charge in [0.15, 0.2) is 5.65 Å². The van der Waals surface area contributed by atoms with Crippen LogP contribution in [0.1, 0.15) is 38.3 Å². The lowest BCUT2D eigenvalue weighted by atomic mass is 10.1. The number of carbonyl (C=O) groups is 1. The maximum atomic E-state index is 13.0. The van der Waals surface area contributed by atoms with Crippen molar-refractivity contribution in [2.45, 2.75) is 34.6 Å². The summed E-state index contributed by atoms with van der Waals surface area (Å²) < 4.78 is 3.05. The summed E-state index contributed by atoms with van der Waals surface area (Å²) in [5.74, 6) is 0.296. The third-order valence-corrected chi connectivity index (χ3v) is 5.92. The molecular formula is C26H25N7O2. The van der Waals surface area contributed by atoms with Crippen LogP contribution in [0.5, 0.6) is 0 Å². The first-order valence-electron chi connectivity index (χ1n) is 11.2. The number of aromatic amines is 1. The van der Waals surface area contributed by atoms with Crippen LogP contribution in [0, 0.1) is 34.6 Å². The predicted molar refractivity (Wildman–Crippen MR) is 135 cm³/mol. The number of aryl methyl sites for hydroxylation is 5. The molecule has 0 unspecified atom stereocenters. The average Bonchev–Trinajstić information content (AvgIpc) is 3.38. The smallest absolute Gasteiger partial charge is 0.263 e. The fourth-order valence-corrected chi connectivity index (χ4v) is 4.10. The molecule has 0 aliphatic rings. The molecule has 176 valence electrons. The van der Waals surface area contributed by atoms with Crippen LogP contribution in [0.3, 0.4) is 0 Å². The van der Waals surface area contributed by atoms with Gasteiger partial charge < -0.3 is 5.32 Å². The fourth-order valence-electron chi connectivity index (χ4n) is 4.10. The van der Waals surface area contributed by atoms with Gasteiger partial charge in [-0.2, -0.15) is 19.9 Å². The van der Waals surface area contributed by atoms with Crippen LogP contribution in [0.15, 0.2) is 53.5 Å². The quantitative estimate of drug-likeness (QED) is 0.414. The average molecular weight is 468 g/mol. The Balaban J connectivity index is 1.59. The van der Waals surface area contributed by atoms with Crippen LogP contribution < -0.4 is 10.9 Å². The molecule has 3 heterocycles. The lowest BCUT2D eigenvalue weighted by molar-refractivity contribution is 0.102. The van der Waals surface area contributed by atoms with Crippen molar-refractivity contribution < 1.29 is 4.79 Å². The molecule has 3 aromatic heterocycles. The Hall–Kier alpha value is -4.53. The zero-order valence-electron chi connectivity index (χ0n) is 20.2. The number of hydrogen-bond donors (Lipinski definition) is 2. The Bertz CT molecular complexity index is 1650. The summed E-state index contributed by atoms with van der Waals surface area (Å²) in [5.41, 5.74) is 6.30. The van der Waals surface area contributed by atoms with Gasteiger partial charge in [-0.25, -0.2) is 4.68 Å². The lowest BCUT2D eigenvalue weighted by Gasteiger charge is -2.10. The third kappa shape index (κ3) is 4.12. The lowest BCUT2D eigenvalue weighted by Crippen LogP contribution is -2.19. The van der Waals surface area contributed by atoms with Gasteiger partial charge in [0.25, 0.3) is 11.5 Å². The SMILES string of the molecule is Cc1cc(C)cc(C(=O)Nc2cc(C)nn2-c2nc3c(cnn3-c3ccc(C)c(C)c3)c(=O)[nH]2)c1. The van der Waals surface area contributed by atoms with E-state index in [4.69, 9.17) is 0 Å². The van der Waals surface area contributed by atoms with Crippen molar-refractivity contribution in [3.05, 3.63) is 92.5 Å². The minimum atomic E-state index is -0.347. The van der Waals surface area contributed by atoms with E-state index in [2.05, 4.69) is 25.5 Å². The van der Waals surface area contributed by atoms with Crippen molar-refractivity contribution in [3.63, 3.8) is 0 Å². The van der Waals surface area contributed by atoms with Crippen molar-refractivity contribution in [1.29, 1.82) is 0 Å². The molecule has 5 aromatic rings. The molecule has 0 saturated heterocycles. The molecular weight excluding hydrogens is 442 g/mol. The predicted octanol–water partition coefficient (Wildman–Crippen LogP) is 4.09. The maximum Gasteiger partial charge on any atom is 0.263 e. The standard InChI is InChI=1S/C26H25N7O2/c1-14-8-15(2)10-19(9-14)24(34)28-22-12-18(5)31-33(22)26-29-23-21(25(35)30-26)13-27-32(23)20-7-6-16(3)17(4)11-20/h6-13H,1-5H3,(H,28,34)(H,29,30,35). The molecule has 0 fully saturated rings. The zero-order chi connectivity index (χ0) is 24.9. The highest BCUT2D eigenvalue weighted by molar-refractivity contribution is 6.04. The zero-order valence-corrected chi connectivity index (χ0v) is 20.2. The summed E-state index contributed by atoms with van der Waals surface area (Å²) in [6, 6.07) is 13.3. The van der Waals surface area contributed by atoms with Crippen molar-refractivity contribution in [3.8, 4) is 11.6 Å². The van der Waals surface area contributed by atoms with Crippen LogP contribution in [0.2, 0.25) is 0 Å². The molecule has 9 nitrogen and oxygen atoms in total. The first kappa shape index (κ1) is 22.3. The number of carbonyl (C=O) groups excluding carboxylic acids is 1. The minimum Gasteiger partial charge on any atom is -0.306 e. The van der Waals surface area contributed by atoms with E-state index < -0.39 is 0 Å². The van der Waals surface area contributed by atoms with Gasteiger partial charge in [-0.1, -0.05) is 23.3 Å².